The van der Waals surface area contributed by atoms with Crippen LogP contribution in [0.5, 0.6) is 0 Å². The predicted molar refractivity (Wildman–Crippen MR) is 116 cm³/mol. The monoisotopic (exact) mass is 410 g/mol. The maximum Gasteiger partial charge on any atom is 0.305 e. The van der Waals surface area contributed by atoms with Crippen molar-refractivity contribution in [2.75, 3.05) is 6.61 Å². The summed E-state index contributed by atoms with van der Waals surface area (Å²) in [4.78, 5) is 23.1. The van der Waals surface area contributed by atoms with E-state index in [1.807, 2.05) is 0 Å². The zero-order chi connectivity index (χ0) is 21.2. The molecule has 0 saturated heterocycles. The summed E-state index contributed by atoms with van der Waals surface area (Å²) in [5.41, 5.74) is 0. The van der Waals surface area contributed by atoms with E-state index in [4.69, 9.17) is 14.6 Å². The number of aliphatic hydroxyl groups is 1. The molecule has 1 atom stereocenters. The first-order chi connectivity index (χ1) is 14.1. The molecule has 0 radical (unpaired) electrons. The third kappa shape index (κ3) is 14.2. The first kappa shape index (κ1) is 25.5. The lowest BCUT2D eigenvalue weighted by Crippen LogP contribution is -2.27. The van der Waals surface area contributed by atoms with Gasteiger partial charge in [-0.3, -0.25) is 9.59 Å². The fraction of sp³-hybridized carbons (Fsp3) is 0.833. The molecule has 5 nitrogen and oxygen atoms in total. The van der Waals surface area contributed by atoms with Gasteiger partial charge in [0.2, 0.25) is 5.78 Å². The van der Waals surface area contributed by atoms with E-state index in [1.165, 1.54) is 83.5 Å². The lowest BCUT2D eigenvalue weighted by atomic mass is 10.0. The highest BCUT2D eigenvalue weighted by Crippen LogP contribution is 2.15. The van der Waals surface area contributed by atoms with Crippen LogP contribution >= 0.6 is 0 Å². The van der Waals surface area contributed by atoms with Crippen LogP contribution in [-0.2, 0) is 19.1 Å². The first-order valence-electron chi connectivity index (χ1n) is 11.9. The first-order valence-corrected chi connectivity index (χ1v) is 11.9. The number of aliphatic hydroxyl groups excluding tert-OH is 1. The number of ketones is 1. The van der Waals surface area contributed by atoms with E-state index in [-0.39, 0.29) is 30.5 Å². The summed E-state index contributed by atoms with van der Waals surface area (Å²) < 4.78 is 10.3. The van der Waals surface area contributed by atoms with Crippen LogP contribution in [0.25, 0.3) is 0 Å². The van der Waals surface area contributed by atoms with Gasteiger partial charge in [-0.05, 0) is 6.42 Å². The third-order valence-corrected chi connectivity index (χ3v) is 5.49. The molecule has 1 rings (SSSR count). The Morgan fingerprint density at radius 2 is 1.41 bits per heavy atom. The Bertz CT molecular complexity index is 472. The molecule has 1 aliphatic rings. The molecular formula is C24H42O5. The van der Waals surface area contributed by atoms with Gasteiger partial charge in [-0.2, -0.15) is 0 Å². The summed E-state index contributed by atoms with van der Waals surface area (Å²) >= 11 is 0. The van der Waals surface area contributed by atoms with Gasteiger partial charge in [-0.25, -0.2) is 0 Å². The van der Waals surface area contributed by atoms with Crippen LogP contribution in [0.1, 0.15) is 116 Å². The molecule has 1 aliphatic heterocycles. The average Bonchev–Trinajstić information content (AvgIpc) is 2.71. The van der Waals surface area contributed by atoms with Crippen LogP contribution in [0, 0.1) is 0 Å². The number of carbonyl (C=O) groups is 2. The van der Waals surface area contributed by atoms with E-state index in [9.17, 15) is 9.59 Å². The number of rotatable bonds is 18. The van der Waals surface area contributed by atoms with Crippen LogP contribution < -0.4 is 0 Å². The fourth-order valence-electron chi connectivity index (χ4n) is 3.58. The minimum Gasteiger partial charge on any atom is -0.502 e. The fourth-order valence-corrected chi connectivity index (χ4v) is 3.58. The standard InChI is InChI=1S/C24H42O5/c1-2-3-4-5-6-7-8-9-10-11-12-13-14-15-16-17-24(27)29-19-21-18-22(25)23(26)20-28-21/h20-21,26H,2-19H2,1H3/t21-/m0/s1. The maximum absolute atomic E-state index is 11.7. The van der Waals surface area contributed by atoms with Gasteiger partial charge in [-0.1, -0.05) is 96.8 Å². The Balaban J connectivity index is 1.80. The van der Waals surface area contributed by atoms with Gasteiger partial charge in [0, 0.05) is 6.42 Å². The lowest BCUT2D eigenvalue weighted by molar-refractivity contribution is -0.148. The average molecular weight is 411 g/mol. The van der Waals surface area contributed by atoms with E-state index in [2.05, 4.69) is 6.92 Å². The summed E-state index contributed by atoms with van der Waals surface area (Å²) in [6, 6.07) is 0. The van der Waals surface area contributed by atoms with Crippen LogP contribution in [0.3, 0.4) is 0 Å². The van der Waals surface area contributed by atoms with E-state index in [0.29, 0.717) is 6.42 Å². The van der Waals surface area contributed by atoms with Gasteiger partial charge in [0.05, 0.1) is 6.42 Å². The van der Waals surface area contributed by atoms with Crippen molar-refractivity contribution in [2.45, 2.75) is 122 Å². The molecule has 29 heavy (non-hydrogen) atoms. The summed E-state index contributed by atoms with van der Waals surface area (Å²) in [6.07, 6.45) is 20.5. The molecular weight excluding hydrogens is 368 g/mol. The van der Waals surface area contributed by atoms with Crippen molar-refractivity contribution in [3.05, 3.63) is 12.0 Å². The predicted octanol–water partition coefficient (Wildman–Crippen LogP) is 6.55. The number of esters is 1. The van der Waals surface area contributed by atoms with Gasteiger partial charge in [-0.15, -0.1) is 0 Å². The second-order valence-corrected chi connectivity index (χ2v) is 8.27. The molecule has 1 heterocycles. The van der Waals surface area contributed by atoms with E-state index in [1.54, 1.807) is 0 Å². The molecule has 0 aromatic rings. The van der Waals surface area contributed by atoms with Crippen LogP contribution in [-0.4, -0.2) is 29.6 Å². The highest BCUT2D eigenvalue weighted by atomic mass is 16.6. The SMILES string of the molecule is CCCCCCCCCCCCCCCCCC(=O)OC[C@@H]1CC(=O)C(O)=CO1. The molecule has 0 amide bonds. The number of ether oxygens (including phenoxy) is 2. The van der Waals surface area contributed by atoms with Crippen LogP contribution in [0.2, 0.25) is 0 Å². The summed E-state index contributed by atoms with van der Waals surface area (Å²) in [7, 11) is 0. The quantitative estimate of drug-likeness (QED) is 0.205. The van der Waals surface area contributed by atoms with Crippen molar-refractivity contribution < 1.29 is 24.2 Å². The number of carbonyl (C=O) groups excluding carboxylic acids is 2. The molecule has 0 aromatic heterocycles. The summed E-state index contributed by atoms with van der Waals surface area (Å²) in [5.74, 6) is -0.986. The number of Topliss-reactive ketones (excluding diaryl/α,β-unsaturated/α-hetero) is 1. The Morgan fingerprint density at radius 1 is 0.931 bits per heavy atom. The molecule has 0 unspecified atom stereocenters. The normalized spacial score (nSPS) is 16.4. The van der Waals surface area contributed by atoms with Crippen molar-refractivity contribution in [1.82, 2.24) is 0 Å². The molecule has 168 valence electrons. The minimum absolute atomic E-state index is 0.0502. The Hall–Kier alpha value is -1.52. The zero-order valence-corrected chi connectivity index (χ0v) is 18.5. The molecule has 0 spiro atoms. The van der Waals surface area contributed by atoms with Crippen LogP contribution in [0.15, 0.2) is 12.0 Å². The van der Waals surface area contributed by atoms with Crippen molar-refractivity contribution in [2.24, 2.45) is 0 Å². The van der Waals surface area contributed by atoms with E-state index < -0.39 is 6.10 Å². The van der Waals surface area contributed by atoms with Crippen molar-refractivity contribution in [3.63, 3.8) is 0 Å². The molecule has 0 aliphatic carbocycles. The second-order valence-electron chi connectivity index (χ2n) is 8.27. The van der Waals surface area contributed by atoms with Gasteiger partial charge in [0.1, 0.15) is 19.0 Å². The topological polar surface area (TPSA) is 72.8 Å². The number of allylic oxidation sites excluding steroid dienone is 1. The van der Waals surface area contributed by atoms with Crippen LogP contribution in [0.4, 0.5) is 0 Å². The second kappa shape index (κ2) is 17.3. The lowest BCUT2D eigenvalue weighted by Gasteiger charge is -2.19. The van der Waals surface area contributed by atoms with Crippen molar-refractivity contribution in [1.29, 1.82) is 0 Å². The molecule has 0 saturated carbocycles. The molecule has 0 aromatic carbocycles. The third-order valence-electron chi connectivity index (χ3n) is 5.49. The molecule has 0 bridgehead atoms. The number of hydrogen-bond donors (Lipinski definition) is 1. The van der Waals surface area contributed by atoms with Gasteiger partial charge in [0.15, 0.2) is 5.76 Å². The minimum atomic E-state index is -0.483. The summed E-state index contributed by atoms with van der Waals surface area (Å²) in [6.45, 7) is 2.33. The van der Waals surface area contributed by atoms with Gasteiger partial charge < -0.3 is 14.6 Å². The van der Waals surface area contributed by atoms with Gasteiger partial charge >= 0.3 is 5.97 Å². The number of hydrogen-bond acceptors (Lipinski definition) is 5. The highest BCUT2D eigenvalue weighted by Gasteiger charge is 2.23. The van der Waals surface area contributed by atoms with E-state index >= 15 is 0 Å². The van der Waals surface area contributed by atoms with Gasteiger partial charge in [0.25, 0.3) is 0 Å². The summed E-state index contributed by atoms with van der Waals surface area (Å²) in [5, 5.41) is 9.15. The molecule has 5 heteroatoms. The van der Waals surface area contributed by atoms with Crippen molar-refractivity contribution in [3.8, 4) is 0 Å². The van der Waals surface area contributed by atoms with E-state index in [0.717, 1.165) is 19.1 Å². The zero-order valence-electron chi connectivity index (χ0n) is 18.5. The van der Waals surface area contributed by atoms with Crippen molar-refractivity contribution >= 4 is 11.8 Å². The maximum atomic E-state index is 11.7. The number of unbranched alkanes of at least 4 members (excludes halogenated alkanes) is 14. The largest absolute Gasteiger partial charge is 0.502 e. The molecule has 0 fully saturated rings. The Labute approximate surface area is 177 Å². The smallest absolute Gasteiger partial charge is 0.305 e. The highest BCUT2D eigenvalue weighted by molar-refractivity contribution is 5.93. The Morgan fingerprint density at radius 3 is 1.90 bits per heavy atom. The Kier molecular flexibility index (Phi) is 15.3. The molecule has 1 N–H and O–H groups in total.